The second-order valence-corrected chi connectivity index (χ2v) is 8.55. The van der Waals surface area contributed by atoms with Crippen LogP contribution in [0.3, 0.4) is 0 Å². The van der Waals surface area contributed by atoms with Crippen LogP contribution in [0.1, 0.15) is 33.6 Å². The minimum Gasteiger partial charge on any atom is -0.444 e. The molecule has 1 aliphatic rings. The molecule has 1 aromatic heterocycles. The Hall–Kier alpha value is -3.02. The predicted molar refractivity (Wildman–Crippen MR) is 116 cm³/mol. The third-order valence-electron chi connectivity index (χ3n) is 5.11. The minimum atomic E-state index is -0.451. The fraction of sp³-hybridized carbons (Fsp3) is 0.391. The number of fused-ring (bicyclic) bond motifs is 1. The number of aromatic nitrogens is 2. The van der Waals surface area contributed by atoms with Gasteiger partial charge in [0, 0.05) is 30.2 Å². The number of para-hydroxylation sites is 1. The van der Waals surface area contributed by atoms with Crippen molar-refractivity contribution in [2.24, 2.45) is 0 Å². The summed E-state index contributed by atoms with van der Waals surface area (Å²) in [6.07, 6.45) is 3.49. The fourth-order valence-electron chi connectivity index (χ4n) is 3.64. The number of carbonyl (C=O) groups is 1. The topological polar surface area (TPSA) is 59.4 Å². The molecule has 0 aliphatic carbocycles. The number of benzene rings is 2. The lowest BCUT2D eigenvalue weighted by atomic mass is 10.0. The van der Waals surface area contributed by atoms with Crippen LogP contribution in [0.15, 0.2) is 54.7 Å². The van der Waals surface area contributed by atoms with Gasteiger partial charge in [0.25, 0.3) is 0 Å². The molecule has 0 bridgehead atoms. The lowest BCUT2D eigenvalue weighted by Gasteiger charge is -2.34. The van der Waals surface area contributed by atoms with Crippen molar-refractivity contribution in [2.75, 3.05) is 18.4 Å². The molecule has 1 amide bonds. The summed E-state index contributed by atoms with van der Waals surface area (Å²) in [5.74, 6) is 0. The van der Waals surface area contributed by atoms with E-state index in [1.54, 1.807) is 4.90 Å². The van der Waals surface area contributed by atoms with E-state index in [0.717, 1.165) is 35.1 Å². The maximum Gasteiger partial charge on any atom is 0.410 e. The van der Waals surface area contributed by atoms with Crippen molar-refractivity contribution in [3.05, 3.63) is 54.7 Å². The molecule has 29 heavy (non-hydrogen) atoms. The van der Waals surface area contributed by atoms with Crippen molar-refractivity contribution in [3.8, 4) is 5.69 Å². The molecule has 3 aromatic rings. The Morgan fingerprint density at radius 1 is 1.07 bits per heavy atom. The molecule has 0 unspecified atom stereocenters. The van der Waals surface area contributed by atoms with Crippen molar-refractivity contribution >= 4 is 22.7 Å². The maximum atomic E-state index is 12.2. The highest BCUT2D eigenvalue weighted by Crippen LogP contribution is 2.22. The molecule has 2 aromatic carbocycles. The number of anilines is 1. The highest BCUT2D eigenvalue weighted by Gasteiger charge is 2.26. The molecular formula is C23H28N4O2. The number of piperidine rings is 1. The molecule has 0 atom stereocenters. The van der Waals surface area contributed by atoms with E-state index >= 15 is 0 Å². The van der Waals surface area contributed by atoms with E-state index in [1.807, 2.05) is 43.8 Å². The number of hydrogen-bond acceptors (Lipinski definition) is 4. The smallest absolute Gasteiger partial charge is 0.410 e. The number of carbonyl (C=O) groups excluding carboxylic acids is 1. The van der Waals surface area contributed by atoms with E-state index in [-0.39, 0.29) is 6.09 Å². The van der Waals surface area contributed by atoms with Gasteiger partial charge in [0.2, 0.25) is 0 Å². The molecular weight excluding hydrogens is 364 g/mol. The van der Waals surface area contributed by atoms with Crippen LogP contribution < -0.4 is 5.32 Å². The number of rotatable bonds is 3. The number of likely N-dealkylation sites (tertiary alicyclic amines) is 1. The standard InChI is InChI=1S/C23H28N4O2/c1-23(2,3)29-22(28)26-14-12-19(13-15-26)25-18-8-10-20(11-9-18)27-21-7-5-4-6-17(21)16-24-27/h4-11,16,19,25H,12-15H2,1-3H3. The summed E-state index contributed by atoms with van der Waals surface area (Å²) < 4.78 is 7.42. The van der Waals surface area contributed by atoms with Crippen molar-refractivity contribution in [1.82, 2.24) is 14.7 Å². The van der Waals surface area contributed by atoms with Gasteiger partial charge in [-0.3, -0.25) is 0 Å². The Balaban J connectivity index is 1.35. The Kier molecular flexibility index (Phi) is 5.18. The van der Waals surface area contributed by atoms with Gasteiger partial charge < -0.3 is 15.0 Å². The second-order valence-electron chi connectivity index (χ2n) is 8.55. The monoisotopic (exact) mass is 392 g/mol. The first-order valence-electron chi connectivity index (χ1n) is 10.2. The van der Waals surface area contributed by atoms with Gasteiger partial charge in [-0.2, -0.15) is 5.10 Å². The van der Waals surface area contributed by atoms with Crippen LogP contribution >= 0.6 is 0 Å². The molecule has 4 rings (SSSR count). The van der Waals surface area contributed by atoms with Gasteiger partial charge in [0.05, 0.1) is 17.4 Å². The van der Waals surface area contributed by atoms with Crippen LogP contribution in [0.2, 0.25) is 0 Å². The number of nitrogens with one attached hydrogen (secondary N) is 1. The summed E-state index contributed by atoms with van der Waals surface area (Å²) in [5, 5.41) is 9.23. The van der Waals surface area contributed by atoms with Crippen molar-refractivity contribution in [3.63, 3.8) is 0 Å². The largest absolute Gasteiger partial charge is 0.444 e. The van der Waals surface area contributed by atoms with Crippen molar-refractivity contribution in [2.45, 2.75) is 45.3 Å². The minimum absolute atomic E-state index is 0.216. The first-order valence-corrected chi connectivity index (χ1v) is 10.2. The Bertz CT molecular complexity index is 980. The highest BCUT2D eigenvalue weighted by atomic mass is 16.6. The summed E-state index contributed by atoms with van der Waals surface area (Å²) in [5.41, 5.74) is 2.77. The lowest BCUT2D eigenvalue weighted by Crippen LogP contribution is -2.44. The Morgan fingerprint density at radius 2 is 1.76 bits per heavy atom. The molecule has 152 valence electrons. The third-order valence-corrected chi connectivity index (χ3v) is 5.11. The Labute approximate surface area is 171 Å². The maximum absolute atomic E-state index is 12.2. The van der Waals surface area contributed by atoms with Gasteiger partial charge in [-0.1, -0.05) is 18.2 Å². The molecule has 0 spiro atoms. The molecule has 0 radical (unpaired) electrons. The van der Waals surface area contributed by atoms with Crippen LogP contribution in [-0.2, 0) is 4.74 Å². The quantitative estimate of drug-likeness (QED) is 0.693. The van der Waals surface area contributed by atoms with E-state index in [4.69, 9.17) is 4.74 Å². The van der Waals surface area contributed by atoms with Gasteiger partial charge in [-0.15, -0.1) is 0 Å². The number of hydrogen-bond donors (Lipinski definition) is 1. The summed E-state index contributed by atoms with van der Waals surface area (Å²) in [6, 6.07) is 16.9. The average Bonchev–Trinajstić information content (AvgIpc) is 3.12. The van der Waals surface area contributed by atoms with Gasteiger partial charge in [-0.05, 0) is 63.9 Å². The SMILES string of the molecule is CC(C)(C)OC(=O)N1CCC(Nc2ccc(-n3ncc4ccccc43)cc2)CC1. The van der Waals surface area contributed by atoms with Crippen LogP contribution in [-0.4, -0.2) is 45.5 Å². The Morgan fingerprint density at radius 3 is 2.45 bits per heavy atom. The van der Waals surface area contributed by atoms with Crippen LogP contribution in [0.4, 0.5) is 10.5 Å². The highest BCUT2D eigenvalue weighted by molar-refractivity contribution is 5.80. The molecule has 1 N–H and O–H groups in total. The first kappa shape index (κ1) is 19.3. The molecule has 0 saturated carbocycles. The van der Waals surface area contributed by atoms with E-state index in [9.17, 15) is 4.79 Å². The van der Waals surface area contributed by atoms with Gasteiger partial charge in [0.15, 0.2) is 0 Å². The molecule has 1 aliphatic heterocycles. The van der Waals surface area contributed by atoms with Crippen LogP contribution in [0, 0.1) is 0 Å². The molecule has 6 heteroatoms. The van der Waals surface area contributed by atoms with Crippen molar-refractivity contribution in [1.29, 1.82) is 0 Å². The molecule has 1 fully saturated rings. The van der Waals surface area contributed by atoms with Crippen LogP contribution in [0.25, 0.3) is 16.6 Å². The zero-order valence-corrected chi connectivity index (χ0v) is 17.3. The second kappa shape index (κ2) is 7.78. The summed E-state index contributed by atoms with van der Waals surface area (Å²) in [6.45, 7) is 7.12. The number of amides is 1. The fourth-order valence-corrected chi connectivity index (χ4v) is 3.64. The van der Waals surface area contributed by atoms with Gasteiger partial charge >= 0.3 is 6.09 Å². The molecule has 2 heterocycles. The average molecular weight is 393 g/mol. The summed E-state index contributed by atoms with van der Waals surface area (Å²) in [7, 11) is 0. The lowest BCUT2D eigenvalue weighted by molar-refractivity contribution is 0.0210. The van der Waals surface area contributed by atoms with E-state index in [1.165, 1.54) is 0 Å². The normalized spacial score (nSPS) is 15.5. The zero-order valence-electron chi connectivity index (χ0n) is 17.3. The van der Waals surface area contributed by atoms with E-state index in [2.05, 4.69) is 46.8 Å². The summed E-state index contributed by atoms with van der Waals surface area (Å²) >= 11 is 0. The zero-order chi connectivity index (χ0) is 20.4. The number of ether oxygens (including phenoxy) is 1. The van der Waals surface area contributed by atoms with Crippen molar-refractivity contribution < 1.29 is 9.53 Å². The van der Waals surface area contributed by atoms with E-state index < -0.39 is 5.60 Å². The molecule has 6 nitrogen and oxygen atoms in total. The van der Waals surface area contributed by atoms with E-state index in [0.29, 0.717) is 19.1 Å². The number of nitrogens with zero attached hydrogens (tertiary/aromatic N) is 3. The third kappa shape index (κ3) is 4.53. The van der Waals surface area contributed by atoms with Gasteiger partial charge in [-0.25, -0.2) is 9.48 Å². The predicted octanol–water partition coefficient (Wildman–Crippen LogP) is 4.84. The molecule has 1 saturated heterocycles. The first-order chi connectivity index (χ1) is 13.9. The van der Waals surface area contributed by atoms with Crippen LogP contribution in [0.5, 0.6) is 0 Å². The summed E-state index contributed by atoms with van der Waals surface area (Å²) in [4.78, 5) is 14.0. The van der Waals surface area contributed by atoms with Gasteiger partial charge in [0.1, 0.15) is 5.60 Å².